The smallest absolute Gasteiger partial charge is 0.141 e. The summed E-state index contributed by atoms with van der Waals surface area (Å²) >= 11 is 0. The predicted octanol–water partition coefficient (Wildman–Crippen LogP) is 0.985. The van der Waals surface area contributed by atoms with E-state index in [4.69, 9.17) is 10.5 Å². The zero-order chi connectivity index (χ0) is 8.81. The lowest BCUT2D eigenvalue weighted by atomic mass is 10.4. The van der Waals surface area contributed by atoms with Gasteiger partial charge in [0, 0.05) is 6.61 Å². The van der Waals surface area contributed by atoms with Crippen LogP contribution in [0.4, 0.5) is 5.82 Å². The van der Waals surface area contributed by atoms with E-state index in [1.165, 1.54) is 6.20 Å². The van der Waals surface area contributed by atoms with Crippen molar-refractivity contribution in [3.63, 3.8) is 0 Å². The van der Waals surface area contributed by atoms with Crippen molar-refractivity contribution >= 4 is 5.82 Å². The van der Waals surface area contributed by atoms with E-state index in [1.807, 2.05) is 0 Å². The highest BCUT2D eigenvalue weighted by molar-refractivity contribution is 5.22. The van der Waals surface area contributed by atoms with Gasteiger partial charge in [0.25, 0.3) is 0 Å². The first kappa shape index (κ1) is 8.93. The largest absolute Gasteiger partial charge is 0.382 e. The Balaban J connectivity index is 2.37. The van der Waals surface area contributed by atoms with E-state index in [9.17, 15) is 0 Å². The Kier molecular flexibility index (Phi) is 3.47. The van der Waals surface area contributed by atoms with Gasteiger partial charge in [-0.15, -0.1) is 0 Å². The topological polar surface area (TPSA) is 61.0 Å². The van der Waals surface area contributed by atoms with Crippen molar-refractivity contribution in [1.82, 2.24) is 9.97 Å². The summed E-state index contributed by atoms with van der Waals surface area (Å²) < 4.78 is 5.27. The third kappa shape index (κ3) is 2.84. The van der Waals surface area contributed by atoms with Crippen LogP contribution in [0, 0.1) is 0 Å². The van der Waals surface area contributed by atoms with Crippen molar-refractivity contribution < 1.29 is 4.74 Å². The Morgan fingerprint density at radius 3 is 2.83 bits per heavy atom. The predicted molar refractivity (Wildman–Crippen MR) is 46.4 cm³/mol. The van der Waals surface area contributed by atoms with E-state index >= 15 is 0 Å². The van der Waals surface area contributed by atoms with Gasteiger partial charge in [0.15, 0.2) is 0 Å². The molecule has 0 aliphatic rings. The van der Waals surface area contributed by atoms with Crippen LogP contribution in [0.25, 0.3) is 0 Å². The van der Waals surface area contributed by atoms with E-state index in [1.54, 1.807) is 6.20 Å². The average Bonchev–Trinajstić information content (AvgIpc) is 2.09. The minimum absolute atomic E-state index is 0.439. The maximum Gasteiger partial charge on any atom is 0.141 e. The standard InChI is InChI=1S/C8H13N3O/c1-2-3-12-6-7-4-11-8(9)5-10-7/h4-5H,2-3,6H2,1H3,(H2,9,11). The summed E-state index contributed by atoms with van der Waals surface area (Å²) in [6.45, 7) is 3.34. The first-order valence-electron chi connectivity index (χ1n) is 3.97. The molecule has 0 aromatic carbocycles. The number of rotatable bonds is 4. The number of nitrogen functional groups attached to an aromatic ring is 1. The summed E-state index contributed by atoms with van der Waals surface area (Å²) in [6.07, 6.45) is 4.18. The molecule has 1 aromatic heterocycles. The molecule has 0 radical (unpaired) electrons. The minimum Gasteiger partial charge on any atom is -0.382 e. The number of anilines is 1. The van der Waals surface area contributed by atoms with Crippen LogP contribution in [-0.4, -0.2) is 16.6 Å². The molecule has 4 nitrogen and oxygen atoms in total. The van der Waals surface area contributed by atoms with Gasteiger partial charge in [-0.05, 0) is 6.42 Å². The van der Waals surface area contributed by atoms with E-state index in [0.29, 0.717) is 12.4 Å². The molecule has 66 valence electrons. The Hall–Kier alpha value is -1.16. The molecular formula is C8H13N3O. The van der Waals surface area contributed by atoms with Crippen molar-refractivity contribution in [3.05, 3.63) is 18.1 Å². The van der Waals surface area contributed by atoms with Crippen LogP contribution in [-0.2, 0) is 11.3 Å². The summed E-state index contributed by atoms with van der Waals surface area (Å²) in [7, 11) is 0. The third-order valence-electron chi connectivity index (χ3n) is 1.32. The quantitative estimate of drug-likeness (QED) is 0.679. The van der Waals surface area contributed by atoms with Gasteiger partial charge in [0.2, 0.25) is 0 Å². The van der Waals surface area contributed by atoms with Gasteiger partial charge in [-0.3, -0.25) is 4.98 Å². The molecule has 0 unspecified atom stereocenters. The summed E-state index contributed by atoms with van der Waals surface area (Å²) in [6, 6.07) is 0. The fraction of sp³-hybridized carbons (Fsp3) is 0.500. The van der Waals surface area contributed by atoms with Gasteiger partial charge >= 0.3 is 0 Å². The molecule has 2 N–H and O–H groups in total. The van der Waals surface area contributed by atoms with Gasteiger partial charge in [0.05, 0.1) is 24.7 Å². The zero-order valence-electron chi connectivity index (χ0n) is 7.16. The molecule has 1 rings (SSSR count). The Morgan fingerprint density at radius 2 is 2.25 bits per heavy atom. The second kappa shape index (κ2) is 4.66. The normalized spacial score (nSPS) is 10.1. The molecule has 0 bridgehead atoms. The molecule has 0 atom stereocenters. The molecule has 0 fully saturated rings. The van der Waals surface area contributed by atoms with Crippen LogP contribution < -0.4 is 5.73 Å². The Bertz CT molecular complexity index is 222. The van der Waals surface area contributed by atoms with E-state index in [2.05, 4.69) is 16.9 Å². The lowest BCUT2D eigenvalue weighted by molar-refractivity contribution is 0.118. The summed E-state index contributed by atoms with van der Waals surface area (Å²) in [5.74, 6) is 0.439. The molecule has 0 aliphatic heterocycles. The molecule has 12 heavy (non-hydrogen) atoms. The number of hydrogen-bond donors (Lipinski definition) is 1. The molecular weight excluding hydrogens is 154 g/mol. The number of ether oxygens (including phenoxy) is 1. The molecule has 0 amide bonds. The van der Waals surface area contributed by atoms with Crippen LogP contribution in [0.1, 0.15) is 19.0 Å². The summed E-state index contributed by atoms with van der Waals surface area (Å²) in [5, 5.41) is 0. The fourth-order valence-electron chi connectivity index (χ4n) is 0.760. The van der Waals surface area contributed by atoms with Gasteiger partial charge in [-0.2, -0.15) is 0 Å². The fourth-order valence-corrected chi connectivity index (χ4v) is 0.760. The SMILES string of the molecule is CCCOCc1cnc(N)cn1. The molecule has 0 saturated carbocycles. The number of hydrogen-bond acceptors (Lipinski definition) is 4. The number of nitrogens with zero attached hydrogens (tertiary/aromatic N) is 2. The van der Waals surface area contributed by atoms with Crippen LogP contribution in [0.15, 0.2) is 12.4 Å². The average molecular weight is 167 g/mol. The first-order valence-corrected chi connectivity index (χ1v) is 3.97. The number of aromatic nitrogens is 2. The number of nitrogens with two attached hydrogens (primary N) is 1. The lowest BCUT2D eigenvalue weighted by Crippen LogP contribution is -1.99. The van der Waals surface area contributed by atoms with Crippen molar-refractivity contribution in [2.24, 2.45) is 0 Å². The van der Waals surface area contributed by atoms with Crippen LogP contribution >= 0.6 is 0 Å². The van der Waals surface area contributed by atoms with Gasteiger partial charge in [0.1, 0.15) is 5.82 Å². The Labute approximate surface area is 71.8 Å². The third-order valence-corrected chi connectivity index (χ3v) is 1.32. The Morgan fingerprint density at radius 1 is 1.42 bits per heavy atom. The van der Waals surface area contributed by atoms with Crippen molar-refractivity contribution in [2.75, 3.05) is 12.3 Å². The maximum absolute atomic E-state index is 5.37. The van der Waals surface area contributed by atoms with Gasteiger partial charge < -0.3 is 10.5 Å². The molecule has 0 aliphatic carbocycles. The van der Waals surface area contributed by atoms with Crippen molar-refractivity contribution in [1.29, 1.82) is 0 Å². The van der Waals surface area contributed by atoms with Crippen LogP contribution in [0.3, 0.4) is 0 Å². The molecule has 0 spiro atoms. The highest BCUT2D eigenvalue weighted by atomic mass is 16.5. The van der Waals surface area contributed by atoms with E-state index in [0.717, 1.165) is 18.7 Å². The van der Waals surface area contributed by atoms with Crippen LogP contribution in [0.2, 0.25) is 0 Å². The summed E-state index contributed by atoms with van der Waals surface area (Å²) in [5.41, 5.74) is 6.18. The molecule has 0 saturated heterocycles. The monoisotopic (exact) mass is 167 g/mol. The zero-order valence-corrected chi connectivity index (χ0v) is 7.16. The van der Waals surface area contributed by atoms with Gasteiger partial charge in [-0.1, -0.05) is 6.92 Å². The second-order valence-electron chi connectivity index (χ2n) is 2.49. The second-order valence-corrected chi connectivity index (χ2v) is 2.49. The molecule has 1 heterocycles. The van der Waals surface area contributed by atoms with Crippen molar-refractivity contribution in [2.45, 2.75) is 20.0 Å². The van der Waals surface area contributed by atoms with E-state index in [-0.39, 0.29) is 0 Å². The molecule has 4 heteroatoms. The summed E-state index contributed by atoms with van der Waals surface area (Å²) in [4.78, 5) is 7.93. The molecule has 1 aromatic rings. The minimum atomic E-state index is 0.439. The lowest BCUT2D eigenvalue weighted by Gasteiger charge is -2.00. The first-order chi connectivity index (χ1) is 5.83. The van der Waals surface area contributed by atoms with Crippen LogP contribution in [0.5, 0.6) is 0 Å². The van der Waals surface area contributed by atoms with Crippen molar-refractivity contribution in [3.8, 4) is 0 Å². The highest BCUT2D eigenvalue weighted by Gasteiger charge is 1.93. The highest BCUT2D eigenvalue weighted by Crippen LogP contribution is 1.98. The van der Waals surface area contributed by atoms with Gasteiger partial charge in [-0.25, -0.2) is 4.98 Å². The van der Waals surface area contributed by atoms with E-state index < -0.39 is 0 Å². The maximum atomic E-state index is 5.37.